The number of anilines is 1. The maximum Gasteiger partial charge on any atom is 0.0991 e. The highest BCUT2D eigenvalue weighted by atomic mass is 15.1. The van der Waals surface area contributed by atoms with Crippen molar-refractivity contribution < 1.29 is 0 Å². The highest BCUT2D eigenvalue weighted by molar-refractivity contribution is 5.48. The zero-order valence-electron chi connectivity index (χ0n) is 8.99. The van der Waals surface area contributed by atoms with E-state index in [0.29, 0.717) is 11.5 Å². The monoisotopic (exact) mass is 188 g/mol. The molecule has 2 heteroatoms. The van der Waals surface area contributed by atoms with Crippen LogP contribution in [0, 0.1) is 17.2 Å². The van der Waals surface area contributed by atoms with Gasteiger partial charge in [-0.3, -0.25) is 0 Å². The number of benzene rings is 1. The molecule has 0 aliphatic heterocycles. The summed E-state index contributed by atoms with van der Waals surface area (Å²) < 4.78 is 0. The first-order valence-corrected chi connectivity index (χ1v) is 4.84. The Morgan fingerprint density at radius 2 is 1.86 bits per heavy atom. The van der Waals surface area contributed by atoms with Gasteiger partial charge in [0.15, 0.2) is 0 Å². The first-order valence-electron chi connectivity index (χ1n) is 4.84. The maximum absolute atomic E-state index is 8.65. The molecule has 1 aromatic rings. The first kappa shape index (κ1) is 10.6. The molecule has 0 atom stereocenters. The number of nitrogens with zero attached hydrogens (tertiary/aromatic N) is 2. The van der Waals surface area contributed by atoms with Crippen molar-refractivity contribution in [3.63, 3.8) is 0 Å². The molecule has 0 saturated heterocycles. The van der Waals surface area contributed by atoms with Crippen molar-refractivity contribution in [1.82, 2.24) is 0 Å². The molecular formula is C12H16N2. The van der Waals surface area contributed by atoms with Gasteiger partial charge in [0.05, 0.1) is 11.6 Å². The largest absolute Gasteiger partial charge is 0.374 e. The maximum atomic E-state index is 8.65. The second-order valence-corrected chi connectivity index (χ2v) is 3.93. The molecule has 0 aliphatic rings. The minimum atomic E-state index is 0.649. The van der Waals surface area contributed by atoms with Crippen molar-refractivity contribution in [2.45, 2.75) is 13.8 Å². The summed E-state index contributed by atoms with van der Waals surface area (Å²) in [6.45, 7) is 5.42. The summed E-state index contributed by atoms with van der Waals surface area (Å²) in [5, 5.41) is 8.65. The summed E-state index contributed by atoms with van der Waals surface area (Å²) >= 11 is 0. The van der Waals surface area contributed by atoms with Crippen molar-refractivity contribution in [2.75, 3.05) is 18.5 Å². The van der Waals surface area contributed by atoms with Gasteiger partial charge in [0.1, 0.15) is 0 Å². The molecule has 0 N–H and O–H groups in total. The van der Waals surface area contributed by atoms with Crippen molar-refractivity contribution in [3.05, 3.63) is 29.8 Å². The molecule has 0 aromatic heterocycles. The Bertz CT molecular complexity index is 319. The van der Waals surface area contributed by atoms with Gasteiger partial charge in [-0.05, 0) is 30.2 Å². The molecule has 74 valence electrons. The highest BCUT2D eigenvalue weighted by Gasteiger charge is 2.02. The van der Waals surface area contributed by atoms with E-state index in [1.54, 1.807) is 0 Å². The highest BCUT2D eigenvalue weighted by Crippen LogP contribution is 2.14. The topological polar surface area (TPSA) is 27.0 Å². The van der Waals surface area contributed by atoms with Crippen molar-refractivity contribution in [1.29, 1.82) is 5.26 Å². The van der Waals surface area contributed by atoms with Crippen LogP contribution in [0.5, 0.6) is 0 Å². The van der Waals surface area contributed by atoms with Crippen LogP contribution in [0.2, 0.25) is 0 Å². The molecule has 14 heavy (non-hydrogen) atoms. The Labute approximate surface area is 85.8 Å². The smallest absolute Gasteiger partial charge is 0.0991 e. The molecule has 2 nitrogen and oxygen atoms in total. The minimum Gasteiger partial charge on any atom is -0.374 e. The Kier molecular flexibility index (Phi) is 3.53. The SMILES string of the molecule is CC(C)CN(C)c1ccc(C#N)cc1. The summed E-state index contributed by atoms with van der Waals surface area (Å²) in [4.78, 5) is 2.20. The lowest BCUT2D eigenvalue weighted by Gasteiger charge is -2.21. The molecule has 0 heterocycles. The van der Waals surface area contributed by atoms with E-state index in [9.17, 15) is 0 Å². The Morgan fingerprint density at radius 3 is 2.29 bits per heavy atom. The van der Waals surface area contributed by atoms with Crippen LogP contribution in [-0.4, -0.2) is 13.6 Å². The number of nitriles is 1. The van der Waals surface area contributed by atoms with Gasteiger partial charge in [-0.25, -0.2) is 0 Å². The lowest BCUT2D eigenvalue weighted by atomic mass is 10.1. The summed E-state index contributed by atoms with van der Waals surface area (Å²) in [6.07, 6.45) is 0. The molecule has 1 aromatic carbocycles. The van der Waals surface area contributed by atoms with Gasteiger partial charge in [-0.1, -0.05) is 13.8 Å². The van der Waals surface area contributed by atoms with Gasteiger partial charge >= 0.3 is 0 Å². The summed E-state index contributed by atoms with van der Waals surface area (Å²) in [5.74, 6) is 0.649. The average molecular weight is 188 g/mol. The van der Waals surface area contributed by atoms with E-state index in [0.717, 1.165) is 12.2 Å². The van der Waals surface area contributed by atoms with Crippen LogP contribution in [0.4, 0.5) is 5.69 Å². The van der Waals surface area contributed by atoms with E-state index < -0.39 is 0 Å². The second kappa shape index (κ2) is 4.66. The van der Waals surface area contributed by atoms with E-state index in [1.807, 2.05) is 24.3 Å². The first-order chi connectivity index (χ1) is 6.63. The fraction of sp³-hybridized carbons (Fsp3) is 0.417. The van der Waals surface area contributed by atoms with Gasteiger partial charge in [-0.2, -0.15) is 5.26 Å². The normalized spacial score (nSPS) is 9.93. The second-order valence-electron chi connectivity index (χ2n) is 3.93. The molecule has 0 saturated carbocycles. The molecule has 0 radical (unpaired) electrons. The van der Waals surface area contributed by atoms with Crippen LogP contribution >= 0.6 is 0 Å². The third-order valence-corrected chi connectivity index (χ3v) is 2.08. The molecule has 0 fully saturated rings. The molecule has 0 amide bonds. The fourth-order valence-corrected chi connectivity index (χ4v) is 1.44. The van der Waals surface area contributed by atoms with Crippen molar-refractivity contribution in [3.8, 4) is 6.07 Å². The van der Waals surface area contributed by atoms with Gasteiger partial charge in [0, 0.05) is 19.3 Å². The van der Waals surface area contributed by atoms with Crippen molar-refractivity contribution in [2.24, 2.45) is 5.92 Å². The standard InChI is InChI=1S/C12H16N2/c1-10(2)9-14(3)12-6-4-11(8-13)5-7-12/h4-7,10H,9H2,1-3H3. The van der Waals surface area contributed by atoms with Crippen LogP contribution in [0.25, 0.3) is 0 Å². The number of rotatable bonds is 3. The number of hydrogen-bond acceptors (Lipinski definition) is 2. The zero-order valence-corrected chi connectivity index (χ0v) is 8.99. The summed E-state index contributed by atoms with van der Waals surface area (Å²) in [6, 6.07) is 9.80. The zero-order chi connectivity index (χ0) is 10.6. The van der Waals surface area contributed by atoms with E-state index in [4.69, 9.17) is 5.26 Å². The predicted octanol–water partition coefficient (Wildman–Crippen LogP) is 2.65. The summed E-state index contributed by atoms with van der Waals surface area (Å²) in [5.41, 5.74) is 1.88. The molecule has 0 unspecified atom stereocenters. The summed E-state index contributed by atoms with van der Waals surface area (Å²) in [7, 11) is 2.07. The molecule has 0 aliphatic carbocycles. The van der Waals surface area contributed by atoms with Crippen LogP contribution in [0.1, 0.15) is 19.4 Å². The van der Waals surface area contributed by atoms with Gasteiger partial charge in [-0.15, -0.1) is 0 Å². The van der Waals surface area contributed by atoms with E-state index in [2.05, 4.69) is 31.9 Å². The van der Waals surface area contributed by atoms with Gasteiger partial charge in [0.2, 0.25) is 0 Å². The lowest BCUT2D eigenvalue weighted by Crippen LogP contribution is -2.22. The third kappa shape index (κ3) is 2.77. The third-order valence-electron chi connectivity index (χ3n) is 2.08. The fourth-order valence-electron chi connectivity index (χ4n) is 1.44. The minimum absolute atomic E-state index is 0.649. The van der Waals surface area contributed by atoms with Gasteiger partial charge < -0.3 is 4.90 Å². The van der Waals surface area contributed by atoms with Crippen LogP contribution in [0.15, 0.2) is 24.3 Å². The van der Waals surface area contributed by atoms with E-state index >= 15 is 0 Å². The number of hydrogen-bond donors (Lipinski definition) is 0. The quantitative estimate of drug-likeness (QED) is 0.729. The van der Waals surface area contributed by atoms with Crippen molar-refractivity contribution >= 4 is 5.69 Å². The van der Waals surface area contributed by atoms with Crippen LogP contribution in [0.3, 0.4) is 0 Å². The van der Waals surface area contributed by atoms with Gasteiger partial charge in [0.25, 0.3) is 0 Å². The molecule has 1 rings (SSSR count). The van der Waals surface area contributed by atoms with E-state index in [1.165, 1.54) is 0 Å². The average Bonchev–Trinajstić information content (AvgIpc) is 2.17. The Morgan fingerprint density at radius 1 is 1.29 bits per heavy atom. The Hall–Kier alpha value is -1.49. The molecule has 0 bridgehead atoms. The van der Waals surface area contributed by atoms with Crippen LogP contribution in [-0.2, 0) is 0 Å². The molecular weight excluding hydrogens is 172 g/mol. The Balaban J connectivity index is 2.72. The molecule has 0 spiro atoms. The van der Waals surface area contributed by atoms with E-state index in [-0.39, 0.29) is 0 Å². The lowest BCUT2D eigenvalue weighted by molar-refractivity contribution is 0.638. The predicted molar refractivity (Wildman–Crippen MR) is 59.3 cm³/mol. The van der Waals surface area contributed by atoms with Crippen LogP contribution < -0.4 is 4.90 Å².